The van der Waals surface area contributed by atoms with E-state index in [0.717, 1.165) is 18.8 Å². The summed E-state index contributed by atoms with van der Waals surface area (Å²) in [5.74, 6) is 0. The van der Waals surface area contributed by atoms with Crippen LogP contribution in [0.1, 0.15) is 20.8 Å². The van der Waals surface area contributed by atoms with Crippen LogP contribution in [-0.2, 0) is 0 Å². The summed E-state index contributed by atoms with van der Waals surface area (Å²) in [4.78, 5) is 2.32. The van der Waals surface area contributed by atoms with Gasteiger partial charge in [0, 0.05) is 24.7 Å². The smallest absolute Gasteiger partial charge is 0.0825 e. The molecule has 1 aromatic carbocycles. The van der Waals surface area contributed by atoms with Gasteiger partial charge in [-0.3, -0.25) is 0 Å². The van der Waals surface area contributed by atoms with Crippen molar-refractivity contribution in [1.82, 2.24) is 5.32 Å². The van der Waals surface area contributed by atoms with Gasteiger partial charge in [-0.05, 0) is 32.9 Å². The number of anilines is 1. The predicted octanol–water partition coefficient (Wildman–Crippen LogP) is 3.57. The van der Waals surface area contributed by atoms with Crippen LogP contribution in [0.15, 0.2) is 18.2 Å². The van der Waals surface area contributed by atoms with Crippen molar-refractivity contribution in [3.63, 3.8) is 0 Å². The Hall–Kier alpha value is -0.440. The number of piperazine rings is 1. The van der Waals surface area contributed by atoms with Crippen LogP contribution in [0, 0.1) is 0 Å². The van der Waals surface area contributed by atoms with Gasteiger partial charge in [0.15, 0.2) is 0 Å². The molecule has 0 saturated carbocycles. The SMILES string of the molecule is CC1CNC(C)(C)CN1c1cccc(Cl)c1Cl. The zero-order chi connectivity index (χ0) is 12.6. The largest absolute Gasteiger partial charge is 0.364 e. The maximum atomic E-state index is 6.29. The summed E-state index contributed by atoms with van der Waals surface area (Å²) in [6.07, 6.45) is 0. The number of benzene rings is 1. The van der Waals surface area contributed by atoms with Gasteiger partial charge in [-0.1, -0.05) is 29.3 Å². The summed E-state index contributed by atoms with van der Waals surface area (Å²) in [7, 11) is 0. The second-order valence-corrected chi connectivity index (χ2v) is 6.10. The molecule has 1 aliphatic heterocycles. The first-order valence-electron chi connectivity index (χ1n) is 5.86. The summed E-state index contributed by atoms with van der Waals surface area (Å²) in [5.41, 5.74) is 1.12. The first-order valence-corrected chi connectivity index (χ1v) is 6.62. The third-order valence-electron chi connectivity index (χ3n) is 3.21. The normalized spacial score (nSPS) is 23.8. The summed E-state index contributed by atoms with van der Waals surface area (Å²) in [6.45, 7) is 8.47. The molecule has 1 N–H and O–H groups in total. The van der Waals surface area contributed by atoms with Crippen LogP contribution in [0.4, 0.5) is 5.69 Å². The van der Waals surface area contributed by atoms with Crippen LogP contribution >= 0.6 is 23.2 Å². The molecule has 1 aromatic rings. The Morgan fingerprint density at radius 1 is 1.35 bits per heavy atom. The van der Waals surface area contributed by atoms with E-state index in [-0.39, 0.29) is 5.54 Å². The van der Waals surface area contributed by atoms with Gasteiger partial charge in [0.2, 0.25) is 0 Å². The Labute approximate surface area is 113 Å². The van der Waals surface area contributed by atoms with Gasteiger partial charge < -0.3 is 10.2 Å². The number of nitrogens with one attached hydrogen (secondary N) is 1. The van der Waals surface area contributed by atoms with Crippen LogP contribution in [0.25, 0.3) is 0 Å². The monoisotopic (exact) mass is 272 g/mol. The molecule has 0 aliphatic carbocycles. The van der Waals surface area contributed by atoms with Crippen LogP contribution in [0.3, 0.4) is 0 Å². The van der Waals surface area contributed by atoms with Crippen molar-refractivity contribution in [1.29, 1.82) is 0 Å². The molecule has 1 heterocycles. The molecule has 0 spiro atoms. The lowest BCUT2D eigenvalue weighted by Gasteiger charge is -2.45. The quantitative estimate of drug-likeness (QED) is 0.841. The van der Waals surface area contributed by atoms with Gasteiger partial charge in [-0.15, -0.1) is 0 Å². The lowest BCUT2D eigenvalue weighted by Crippen LogP contribution is -2.61. The maximum Gasteiger partial charge on any atom is 0.0825 e. The summed E-state index contributed by atoms with van der Waals surface area (Å²) in [5, 5.41) is 4.79. The van der Waals surface area contributed by atoms with E-state index in [0.29, 0.717) is 16.1 Å². The van der Waals surface area contributed by atoms with E-state index in [2.05, 4.69) is 31.0 Å². The van der Waals surface area contributed by atoms with E-state index in [1.54, 1.807) is 0 Å². The minimum absolute atomic E-state index is 0.0954. The summed E-state index contributed by atoms with van der Waals surface area (Å²) in [6, 6.07) is 6.22. The van der Waals surface area contributed by atoms with Gasteiger partial charge >= 0.3 is 0 Å². The first kappa shape index (κ1) is 13.0. The van der Waals surface area contributed by atoms with Gasteiger partial charge in [0.25, 0.3) is 0 Å². The van der Waals surface area contributed by atoms with Gasteiger partial charge in [0.05, 0.1) is 15.7 Å². The van der Waals surface area contributed by atoms with Gasteiger partial charge in [-0.25, -0.2) is 0 Å². The Morgan fingerprint density at radius 3 is 2.76 bits per heavy atom. The number of hydrogen-bond donors (Lipinski definition) is 1. The Bertz CT molecular complexity index is 418. The number of nitrogens with zero attached hydrogens (tertiary/aromatic N) is 1. The molecule has 2 rings (SSSR count). The number of rotatable bonds is 1. The summed E-state index contributed by atoms with van der Waals surface area (Å²) < 4.78 is 0. The maximum absolute atomic E-state index is 6.29. The van der Waals surface area contributed by atoms with Gasteiger partial charge in [-0.2, -0.15) is 0 Å². The van der Waals surface area contributed by atoms with Crippen molar-refractivity contribution in [3.05, 3.63) is 28.2 Å². The van der Waals surface area contributed by atoms with E-state index in [9.17, 15) is 0 Å². The zero-order valence-electron chi connectivity index (χ0n) is 10.4. The molecule has 1 fully saturated rings. The molecule has 94 valence electrons. The van der Waals surface area contributed by atoms with E-state index in [4.69, 9.17) is 23.2 Å². The second kappa shape index (κ2) is 4.68. The average Bonchev–Trinajstić information content (AvgIpc) is 2.26. The van der Waals surface area contributed by atoms with Crippen molar-refractivity contribution < 1.29 is 0 Å². The highest BCUT2D eigenvalue weighted by Gasteiger charge is 2.31. The Morgan fingerprint density at radius 2 is 2.06 bits per heavy atom. The molecular weight excluding hydrogens is 255 g/mol. The van der Waals surface area contributed by atoms with Crippen molar-refractivity contribution in [2.75, 3.05) is 18.0 Å². The zero-order valence-corrected chi connectivity index (χ0v) is 11.9. The molecular formula is C13H18Cl2N2. The number of hydrogen-bond acceptors (Lipinski definition) is 2. The van der Waals surface area contributed by atoms with Crippen LogP contribution in [-0.4, -0.2) is 24.7 Å². The van der Waals surface area contributed by atoms with Crippen molar-refractivity contribution in [2.24, 2.45) is 0 Å². The molecule has 2 nitrogen and oxygen atoms in total. The minimum Gasteiger partial charge on any atom is -0.364 e. The fourth-order valence-electron chi connectivity index (χ4n) is 2.21. The highest BCUT2D eigenvalue weighted by Crippen LogP contribution is 2.35. The molecule has 0 aromatic heterocycles. The fraction of sp³-hybridized carbons (Fsp3) is 0.538. The Balaban J connectivity index is 2.34. The lowest BCUT2D eigenvalue weighted by atomic mass is 9.98. The third kappa shape index (κ3) is 2.70. The van der Waals surface area contributed by atoms with Crippen LogP contribution < -0.4 is 10.2 Å². The van der Waals surface area contributed by atoms with Crippen LogP contribution in [0.5, 0.6) is 0 Å². The molecule has 1 aliphatic rings. The van der Waals surface area contributed by atoms with Crippen molar-refractivity contribution in [3.8, 4) is 0 Å². The Kier molecular flexibility index (Phi) is 3.58. The van der Waals surface area contributed by atoms with E-state index < -0.39 is 0 Å². The highest BCUT2D eigenvalue weighted by atomic mass is 35.5. The van der Waals surface area contributed by atoms with Gasteiger partial charge in [0.1, 0.15) is 0 Å². The highest BCUT2D eigenvalue weighted by molar-refractivity contribution is 6.43. The molecule has 1 unspecified atom stereocenters. The summed E-state index contributed by atoms with van der Waals surface area (Å²) >= 11 is 12.4. The van der Waals surface area contributed by atoms with Crippen molar-refractivity contribution in [2.45, 2.75) is 32.4 Å². The average molecular weight is 273 g/mol. The van der Waals surface area contributed by atoms with Crippen LogP contribution in [0.2, 0.25) is 10.0 Å². The number of halogens is 2. The molecule has 0 amide bonds. The molecule has 1 saturated heterocycles. The van der Waals surface area contributed by atoms with Crippen molar-refractivity contribution >= 4 is 28.9 Å². The van der Waals surface area contributed by atoms with E-state index in [1.165, 1.54) is 0 Å². The minimum atomic E-state index is 0.0954. The predicted molar refractivity (Wildman–Crippen MR) is 75.4 cm³/mol. The van der Waals surface area contributed by atoms with E-state index >= 15 is 0 Å². The second-order valence-electron chi connectivity index (χ2n) is 5.31. The molecule has 0 bridgehead atoms. The lowest BCUT2D eigenvalue weighted by molar-refractivity contribution is 0.318. The molecule has 17 heavy (non-hydrogen) atoms. The molecule has 1 atom stereocenters. The standard InChI is InChI=1S/C13H18Cl2N2/c1-9-7-16-13(2,3)8-17(9)11-6-4-5-10(14)12(11)15/h4-6,9,16H,7-8H2,1-3H3. The third-order valence-corrected chi connectivity index (χ3v) is 4.02. The van der Waals surface area contributed by atoms with E-state index in [1.807, 2.05) is 18.2 Å². The fourth-order valence-corrected chi connectivity index (χ4v) is 2.61. The first-order chi connectivity index (χ1) is 7.91. The topological polar surface area (TPSA) is 15.3 Å². The molecule has 0 radical (unpaired) electrons. The molecule has 4 heteroatoms.